The SMILES string of the molecule is CC1(C)CC[C@]2(C(=O)O[C@@H]3O[C@H](CO)[C@@H](O)[C@H](O)[C@H]3O)CC[C@]3(C)C(=CC[C@@H]4[C@@]5(C)CC[C@H](O[C@@H]6O[C@H](CO)[C@@H](O)[C@@](O)([C@@H]7O[C@H](CO)[C@@H](O)[C@H](O)[C@H]7O)[C@H]6O[C@@H]6O[C@H](CO)[C@@H](O)[C@H](O)[C@H]6O)C(C)(C)[C@@H]5CC[C@]43C)[C@@H]2C1. The first kappa shape index (κ1) is 60.0. The fourth-order valence-electron chi connectivity index (χ4n) is 16.9. The van der Waals surface area contributed by atoms with Crippen molar-refractivity contribution in [1.29, 1.82) is 0 Å². The fourth-order valence-corrected chi connectivity index (χ4v) is 16.9. The van der Waals surface area contributed by atoms with E-state index in [1.54, 1.807) is 0 Å². The minimum atomic E-state index is -2.99. The highest BCUT2D eigenvalue weighted by Gasteiger charge is 2.72. The zero-order valence-electron chi connectivity index (χ0n) is 45.2. The number of rotatable bonds is 11. The van der Waals surface area contributed by atoms with E-state index in [9.17, 15) is 81.4 Å². The summed E-state index contributed by atoms with van der Waals surface area (Å²) in [5.74, 6) is -0.649. The molecule has 23 nitrogen and oxygen atoms in total. The molecule has 5 aliphatic carbocycles. The summed E-state index contributed by atoms with van der Waals surface area (Å²) >= 11 is 0. The average Bonchev–Trinajstić information content (AvgIpc) is 3.54. The topological polar surface area (TPSA) is 385 Å². The van der Waals surface area contributed by atoms with Crippen LogP contribution in [0.5, 0.6) is 0 Å². The predicted molar refractivity (Wildman–Crippen MR) is 263 cm³/mol. The molecule has 0 aromatic heterocycles. The zero-order valence-corrected chi connectivity index (χ0v) is 45.2. The number of ether oxygens (including phenoxy) is 7. The number of esters is 1. The van der Waals surface area contributed by atoms with Crippen molar-refractivity contribution in [2.45, 2.75) is 241 Å². The van der Waals surface area contributed by atoms with Gasteiger partial charge in [-0.2, -0.15) is 0 Å². The standard InChI is InChI=1S/C54H88O23/c1-48(2)14-16-53(47(69)77-45-40(67)37(64)34(61)27(21-57)73-45)17-15-51(6)23(24(53)18-48)8-9-30-50(5)12-11-31(49(3,4)29(50)10-13-52(30,51)7)75-46-43(76-44-39(66)36(63)33(60)26(20-56)72-44)54(70,41(68)28(22-58)74-46)42-38(65)35(62)32(59)25(19-55)71-42/h8,24-46,55-68,70H,9-22H2,1-7H3/t24-,25+,26+,27+,28+,29-,30+,31-,32+,33+,34+,35-,36-,37-,38+,39+,40+,41+,42+,43-,44-,45-,46-,50-,51+,52+,53-,54+/m0/s1. The number of carbonyl (C=O) groups is 1. The highest BCUT2D eigenvalue weighted by Crippen LogP contribution is 2.76. The number of hydrogen-bond donors (Lipinski definition) is 15. The Labute approximate surface area is 448 Å². The van der Waals surface area contributed by atoms with Crippen LogP contribution in [0.15, 0.2) is 11.6 Å². The minimum Gasteiger partial charge on any atom is -0.432 e. The average molecular weight is 1110 g/mol. The lowest BCUT2D eigenvalue weighted by molar-refractivity contribution is -0.417. The number of hydrogen-bond acceptors (Lipinski definition) is 23. The molecule has 28 atom stereocenters. The molecule has 4 aliphatic heterocycles. The number of fused-ring (bicyclic) bond motifs is 7. The molecule has 0 unspecified atom stereocenters. The van der Waals surface area contributed by atoms with Crippen molar-refractivity contribution in [3.8, 4) is 0 Å². The van der Waals surface area contributed by atoms with Gasteiger partial charge in [0.1, 0.15) is 97.7 Å². The van der Waals surface area contributed by atoms with Crippen molar-refractivity contribution in [2.24, 2.45) is 50.2 Å². The highest BCUT2D eigenvalue weighted by molar-refractivity contribution is 5.79. The second-order valence-corrected chi connectivity index (χ2v) is 26.5. The van der Waals surface area contributed by atoms with Gasteiger partial charge >= 0.3 is 5.97 Å². The van der Waals surface area contributed by atoms with Crippen molar-refractivity contribution < 1.29 is 115 Å². The van der Waals surface area contributed by atoms with Crippen LogP contribution in [0.2, 0.25) is 0 Å². The van der Waals surface area contributed by atoms with Crippen molar-refractivity contribution >= 4 is 5.97 Å². The Bertz CT molecular complexity index is 2140. The normalized spacial score (nSPS) is 54.4. The summed E-state index contributed by atoms with van der Waals surface area (Å²) in [6.45, 7) is 12.2. The predicted octanol–water partition coefficient (Wildman–Crippen LogP) is -2.65. The van der Waals surface area contributed by atoms with Crippen LogP contribution in [0.1, 0.15) is 113 Å². The van der Waals surface area contributed by atoms with Gasteiger partial charge in [-0.3, -0.25) is 4.79 Å². The number of allylic oxidation sites excluding steroid dienone is 2. The Kier molecular flexibility index (Phi) is 16.5. The summed E-state index contributed by atoms with van der Waals surface area (Å²) in [5, 5.41) is 164. The van der Waals surface area contributed by atoms with Crippen molar-refractivity contribution in [3.63, 3.8) is 0 Å². The lowest BCUT2D eigenvalue weighted by Gasteiger charge is -2.71. The number of carbonyl (C=O) groups excluding carboxylic acids is 1. The maximum absolute atomic E-state index is 14.8. The summed E-state index contributed by atoms with van der Waals surface area (Å²) < 4.78 is 42.7. The summed E-state index contributed by atoms with van der Waals surface area (Å²) in [5.41, 5.74) is -4.53. The molecular formula is C54H88O23. The van der Waals surface area contributed by atoms with Crippen molar-refractivity contribution in [3.05, 3.63) is 11.6 Å². The van der Waals surface area contributed by atoms with Crippen LogP contribution in [-0.4, -0.2) is 237 Å². The Balaban J connectivity index is 1.02. The van der Waals surface area contributed by atoms with E-state index in [1.807, 2.05) is 0 Å². The van der Waals surface area contributed by atoms with Gasteiger partial charge in [-0.25, -0.2) is 0 Å². The van der Waals surface area contributed by atoms with Gasteiger partial charge in [0.05, 0.1) is 37.9 Å². The second kappa shape index (κ2) is 21.2. The monoisotopic (exact) mass is 1100 g/mol. The van der Waals surface area contributed by atoms with Gasteiger partial charge in [0.25, 0.3) is 0 Å². The zero-order chi connectivity index (χ0) is 56.5. The van der Waals surface area contributed by atoms with Gasteiger partial charge in [0.2, 0.25) is 6.29 Å². The van der Waals surface area contributed by atoms with Gasteiger partial charge < -0.3 is 110 Å². The molecule has 0 amide bonds. The molecule has 0 radical (unpaired) electrons. The van der Waals surface area contributed by atoms with Crippen LogP contribution in [0.4, 0.5) is 0 Å². The van der Waals surface area contributed by atoms with E-state index in [0.717, 1.165) is 19.3 Å². The summed E-state index contributed by atoms with van der Waals surface area (Å²) in [4.78, 5) is 14.8. The van der Waals surface area contributed by atoms with E-state index in [1.165, 1.54) is 5.57 Å². The molecule has 0 aromatic carbocycles. The molecule has 8 fully saturated rings. The van der Waals surface area contributed by atoms with E-state index < -0.39 is 171 Å². The van der Waals surface area contributed by atoms with Crippen molar-refractivity contribution in [2.75, 3.05) is 26.4 Å². The summed E-state index contributed by atoms with van der Waals surface area (Å²) in [6.07, 6.45) is -26.8. The third kappa shape index (κ3) is 9.24. The molecular weight excluding hydrogens is 1020 g/mol. The summed E-state index contributed by atoms with van der Waals surface area (Å²) in [6, 6.07) is 0. The summed E-state index contributed by atoms with van der Waals surface area (Å²) in [7, 11) is 0. The van der Waals surface area contributed by atoms with Gasteiger partial charge in [0, 0.05) is 0 Å². The van der Waals surface area contributed by atoms with Gasteiger partial charge in [-0.05, 0) is 109 Å². The van der Waals surface area contributed by atoms with Crippen molar-refractivity contribution in [1.82, 2.24) is 0 Å². The lowest BCUT2D eigenvalue weighted by Crippen LogP contribution is -2.79. The van der Waals surface area contributed by atoms with E-state index in [4.69, 9.17) is 33.2 Å². The Hall–Kier alpha value is -1.63. The maximum atomic E-state index is 14.8. The molecule has 4 heterocycles. The molecule has 4 saturated heterocycles. The van der Waals surface area contributed by atoms with Crippen LogP contribution < -0.4 is 0 Å². The van der Waals surface area contributed by atoms with Crippen LogP contribution in [0, 0.1) is 50.2 Å². The molecule has 15 N–H and O–H groups in total. The third-order valence-electron chi connectivity index (χ3n) is 21.8. The van der Waals surface area contributed by atoms with E-state index in [0.29, 0.717) is 44.9 Å². The van der Waals surface area contributed by atoms with Gasteiger partial charge in [-0.1, -0.05) is 60.1 Å². The van der Waals surface area contributed by atoms with E-state index >= 15 is 0 Å². The molecule has 0 spiro atoms. The highest BCUT2D eigenvalue weighted by atomic mass is 16.8. The number of aliphatic hydroxyl groups excluding tert-OH is 14. The minimum absolute atomic E-state index is 0.0212. The van der Waals surface area contributed by atoms with Crippen LogP contribution in [-0.2, 0) is 38.0 Å². The van der Waals surface area contributed by atoms with Gasteiger partial charge in [0.15, 0.2) is 18.2 Å². The first-order valence-corrected chi connectivity index (χ1v) is 27.8. The smallest absolute Gasteiger partial charge is 0.315 e. The van der Waals surface area contributed by atoms with E-state index in [2.05, 4.69) is 54.5 Å². The largest absolute Gasteiger partial charge is 0.432 e. The molecule has 9 aliphatic rings. The Morgan fingerprint density at radius 3 is 1.70 bits per heavy atom. The molecule has 0 bridgehead atoms. The van der Waals surface area contributed by atoms with Gasteiger partial charge in [-0.15, -0.1) is 0 Å². The first-order chi connectivity index (χ1) is 36.0. The van der Waals surface area contributed by atoms with E-state index in [-0.39, 0.29) is 39.4 Å². The lowest BCUT2D eigenvalue weighted by atomic mass is 9.33. The number of aliphatic hydroxyl groups is 15. The molecule has 23 heteroatoms. The second-order valence-electron chi connectivity index (χ2n) is 26.5. The van der Waals surface area contributed by atoms with Crippen LogP contribution in [0.25, 0.3) is 0 Å². The quantitative estimate of drug-likeness (QED) is 0.0571. The Morgan fingerprint density at radius 2 is 1.10 bits per heavy atom. The fraction of sp³-hybridized carbons (Fsp3) is 0.944. The molecule has 9 rings (SSSR count). The molecule has 4 saturated carbocycles. The van der Waals surface area contributed by atoms with Crippen LogP contribution >= 0.6 is 0 Å². The molecule has 442 valence electrons. The molecule has 77 heavy (non-hydrogen) atoms. The molecule has 0 aromatic rings. The maximum Gasteiger partial charge on any atom is 0.315 e. The van der Waals surface area contributed by atoms with Crippen LogP contribution in [0.3, 0.4) is 0 Å². The first-order valence-electron chi connectivity index (χ1n) is 27.8. The third-order valence-corrected chi connectivity index (χ3v) is 21.8. The Morgan fingerprint density at radius 1 is 0.571 bits per heavy atom.